The molecule has 0 saturated heterocycles. The molecule has 0 unspecified atom stereocenters. The van der Waals surface area contributed by atoms with Crippen LogP contribution in [0, 0.1) is 10.1 Å². The van der Waals surface area contributed by atoms with Crippen molar-refractivity contribution < 1.29 is 9.66 Å². The van der Waals surface area contributed by atoms with Crippen molar-refractivity contribution in [3.8, 4) is 5.75 Å². The highest BCUT2D eigenvalue weighted by Gasteiger charge is 2.14. The monoisotopic (exact) mass is 274 g/mol. The quantitative estimate of drug-likeness (QED) is 0.636. The Hall–Kier alpha value is -2.54. The average molecular weight is 274 g/mol. The molecule has 0 fully saturated rings. The van der Waals surface area contributed by atoms with Gasteiger partial charge in [-0.15, -0.1) is 0 Å². The summed E-state index contributed by atoms with van der Waals surface area (Å²) in [5.41, 5.74) is 1.59. The van der Waals surface area contributed by atoms with E-state index in [-0.39, 0.29) is 11.4 Å². The average Bonchev–Trinajstić information content (AvgIpc) is 2.48. The van der Waals surface area contributed by atoms with Crippen LogP contribution in [0.1, 0.15) is 11.3 Å². The highest BCUT2D eigenvalue weighted by molar-refractivity contribution is 5.48. The molecule has 0 saturated carbocycles. The van der Waals surface area contributed by atoms with E-state index in [0.29, 0.717) is 13.1 Å². The lowest BCUT2D eigenvalue weighted by Gasteiger charge is -2.06. The van der Waals surface area contributed by atoms with Gasteiger partial charge in [-0.25, -0.2) is 0 Å². The molecule has 1 aromatic heterocycles. The smallest absolute Gasteiger partial charge is 0.311 e. The Morgan fingerprint density at radius 2 is 2.20 bits per heavy atom. The van der Waals surface area contributed by atoms with Gasteiger partial charge in [0.15, 0.2) is 5.75 Å². The second-order valence-electron chi connectivity index (χ2n) is 4.08. The van der Waals surface area contributed by atoms with E-state index in [0.717, 1.165) is 11.3 Å². The molecule has 104 valence electrons. The maximum absolute atomic E-state index is 10.9. The Morgan fingerprint density at radius 3 is 2.85 bits per heavy atom. The molecule has 1 aromatic carbocycles. The summed E-state index contributed by atoms with van der Waals surface area (Å²) in [6.45, 7) is 1.05. The van der Waals surface area contributed by atoms with E-state index < -0.39 is 4.92 Å². The molecule has 0 radical (unpaired) electrons. The van der Waals surface area contributed by atoms with Crippen molar-refractivity contribution in [2.24, 2.45) is 0 Å². The predicted molar refractivity (Wildman–Crippen MR) is 72.2 cm³/mol. The third-order valence-electron chi connectivity index (χ3n) is 2.70. The first-order chi connectivity index (χ1) is 9.70. The Kier molecular flexibility index (Phi) is 4.56. The SMILES string of the molecule is COc1ccc(CNCc2cccnn2)cc1[N+](=O)[O-]. The van der Waals surface area contributed by atoms with Crippen molar-refractivity contribution in [3.63, 3.8) is 0 Å². The minimum absolute atomic E-state index is 0.0358. The molecule has 0 amide bonds. The minimum atomic E-state index is -0.453. The van der Waals surface area contributed by atoms with Gasteiger partial charge in [0.1, 0.15) is 0 Å². The summed E-state index contributed by atoms with van der Waals surface area (Å²) in [6, 6.07) is 8.55. The second-order valence-corrected chi connectivity index (χ2v) is 4.08. The van der Waals surface area contributed by atoms with Crippen LogP contribution in [0.2, 0.25) is 0 Å². The maximum atomic E-state index is 10.9. The second kappa shape index (κ2) is 6.58. The van der Waals surface area contributed by atoms with E-state index in [9.17, 15) is 10.1 Å². The van der Waals surface area contributed by atoms with Gasteiger partial charge in [0.25, 0.3) is 0 Å². The molecule has 0 bridgehead atoms. The van der Waals surface area contributed by atoms with Gasteiger partial charge in [-0.3, -0.25) is 10.1 Å². The number of nitro benzene ring substituents is 1. The number of benzene rings is 1. The maximum Gasteiger partial charge on any atom is 0.311 e. The number of nitro groups is 1. The van der Waals surface area contributed by atoms with Gasteiger partial charge in [-0.05, 0) is 23.8 Å². The molecule has 0 aliphatic rings. The fraction of sp³-hybridized carbons (Fsp3) is 0.231. The van der Waals surface area contributed by atoms with Crippen molar-refractivity contribution in [2.75, 3.05) is 7.11 Å². The Morgan fingerprint density at radius 1 is 1.35 bits per heavy atom. The molecule has 7 nitrogen and oxygen atoms in total. The van der Waals surface area contributed by atoms with Crippen LogP contribution in [0.15, 0.2) is 36.5 Å². The Labute approximate surface area is 115 Å². The van der Waals surface area contributed by atoms with Crippen LogP contribution in [0.25, 0.3) is 0 Å². The summed E-state index contributed by atoms with van der Waals surface area (Å²) in [4.78, 5) is 10.5. The van der Waals surface area contributed by atoms with Crippen LogP contribution in [0.5, 0.6) is 5.75 Å². The fourth-order valence-corrected chi connectivity index (χ4v) is 1.75. The summed E-state index contributed by atoms with van der Waals surface area (Å²) in [5.74, 6) is 0.257. The van der Waals surface area contributed by atoms with Crippen molar-refractivity contribution in [1.82, 2.24) is 15.5 Å². The molecule has 1 heterocycles. The van der Waals surface area contributed by atoms with Crippen molar-refractivity contribution in [2.45, 2.75) is 13.1 Å². The van der Waals surface area contributed by atoms with Crippen LogP contribution >= 0.6 is 0 Å². The number of hydrogen-bond donors (Lipinski definition) is 1. The summed E-state index contributed by atoms with van der Waals surface area (Å²) < 4.78 is 4.96. The third kappa shape index (κ3) is 3.48. The first kappa shape index (κ1) is 13.9. The molecule has 0 atom stereocenters. The Bertz CT molecular complexity index is 589. The highest BCUT2D eigenvalue weighted by atomic mass is 16.6. The number of nitrogens with zero attached hydrogens (tertiary/aromatic N) is 3. The van der Waals surface area contributed by atoms with Crippen LogP contribution in [-0.4, -0.2) is 22.2 Å². The normalized spacial score (nSPS) is 10.2. The van der Waals surface area contributed by atoms with E-state index in [4.69, 9.17) is 4.74 Å². The van der Waals surface area contributed by atoms with Crippen LogP contribution in [0.4, 0.5) is 5.69 Å². The highest BCUT2D eigenvalue weighted by Crippen LogP contribution is 2.27. The van der Waals surface area contributed by atoms with Crippen molar-refractivity contribution >= 4 is 5.69 Å². The lowest BCUT2D eigenvalue weighted by Crippen LogP contribution is -2.14. The van der Waals surface area contributed by atoms with Gasteiger partial charge in [-0.1, -0.05) is 6.07 Å². The Balaban J connectivity index is 1.99. The van der Waals surface area contributed by atoms with Gasteiger partial charge < -0.3 is 10.1 Å². The summed E-state index contributed by atoms with van der Waals surface area (Å²) in [6.07, 6.45) is 1.61. The zero-order chi connectivity index (χ0) is 14.4. The molecule has 0 aliphatic carbocycles. The van der Waals surface area contributed by atoms with Crippen LogP contribution in [-0.2, 0) is 13.1 Å². The van der Waals surface area contributed by atoms with E-state index in [1.807, 2.05) is 12.1 Å². The van der Waals surface area contributed by atoms with E-state index in [1.165, 1.54) is 13.2 Å². The number of hydrogen-bond acceptors (Lipinski definition) is 6. The lowest BCUT2D eigenvalue weighted by molar-refractivity contribution is -0.385. The zero-order valence-electron chi connectivity index (χ0n) is 10.9. The zero-order valence-corrected chi connectivity index (χ0v) is 10.9. The standard InChI is InChI=1S/C13H14N4O3/c1-20-13-5-4-10(7-12(13)17(18)19)8-14-9-11-3-2-6-15-16-11/h2-7,14H,8-9H2,1H3. The molecule has 7 heteroatoms. The number of nitrogens with one attached hydrogen (secondary N) is 1. The van der Waals surface area contributed by atoms with Gasteiger partial charge in [-0.2, -0.15) is 10.2 Å². The first-order valence-corrected chi connectivity index (χ1v) is 5.99. The van der Waals surface area contributed by atoms with Gasteiger partial charge in [0.05, 0.1) is 17.7 Å². The predicted octanol–water partition coefficient (Wildman–Crippen LogP) is 1.68. The molecule has 20 heavy (non-hydrogen) atoms. The van der Waals surface area contributed by atoms with E-state index in [1.54, 1.807) is 18.3 Å². The molecule has 0 spiro atoms. The largest absolute Gasteiger partial charge is 0.490 e. The summed E-state index contributed by atoms with van der Waals surface area (Å²) >= 11 is 0. The van der Waals surface area contributed by atoms with Gasteiger partial charge in [0.2, 0.25) is 0 Å². The molecular weight excluding hydrogens is 260 g/mol. The number of methoxy groups -OCH3 is 1. The van der Waals surface area contributed by atoms with Crippen LogP contribution in [0.3, 0.4) is 0 Å². The topological polar surface area (TPSA) is 90.2 Å². The third-order valence-corrected chi connectivity index (χ3v) is 2.70. The first-order valence-electron chi connectivity index (χ1n) is 5.99. The van der Waals surface area contributed by atoms with Gasteiger partial charge >= 0.3 is 5.69 Å². The molecule has 2 aromatic rings. The van der Waals surface area contributed by atoms with E-state index >= 15 is 0 Å². The lowest BCUT2D eigenvalue weighted by atomic mass is 10.2. The van der Waals surface area contributed by atoms with Gasteiger partial charge in [0, 0.05) is 25.4 Å². The fourth-order valence-electron chi connectivity index (χ4n) is 1.75. The number of ether oxygens (including phenoxy) is 1. The summed E-state index contributed by atoms with van der Waals surface area (Å²) in [5, 5.41) is 21.8. The molecule has 2 rings (SSSR count). The summed E-state index contributed by atoms with van der Waals surface area (Å²) in [7, 11) is 1.41. The number of aromatic nitrogens is 2. The van der Waals surface area contributed by atoms with Crippen molar-refractivity contribution in [3.05, 3.63) is 57.9 Å². The van der Waals surface area contributed by atoms with Crippen LogP contribution < -0.4 is 10.1 Å². The van der Waals surface area contributed by atoms with E-state index in [2.05, 4.69) is 15.5 Å². The minimum Gasteiger partial charge on any atom is -0.490 e. The molecular formula is C13H14N4O3. The molecule has 1 N–H and O–H groups in total. The molecule has 0 aliphatic heterocycles. The number of rotatable bonds is 6. The van der Waals surface area contributed by atoms with Crippen molar-refractivity contribution in [1.29, 1.82) is 0 Å².